The normalized spacial score (nSPS) is 11.0. The van der Waals surface area contributed by atoms with Gasteiger partial charge in [-0.2, -0.15) is 0 Å². The van der Waals surface area contributed by atoms with E-state index < -0.39 is 0 Å². The lowest BCUT2D eigenvalue weighted by atomic mass is 9.94. The molecule has 0 atom stereocenters. The summed E-state index contributed by atoms with van der Waals surface area (Å²) in [4.78, 5) is 10.0. The van der Waals surface area contributed by atoms with Crippen LogP contribution in [0.5, 0.6) is 0 Å². The summed E-state index contributed by atoms with van der Waals surface area (Å²) >= 11 is 0. The maximum Gasteiger partial charge on any atom is 0.160 e. The van der Waals surface area contributed by atoms with Crippen LogP contribution in [0, 0.1) is 6.92 Å². The van der Waals surface area contributed by atoms with Crippen molar-refractivity contribution in [3.63, 3.8) is 0 Å². The fourth-order valence-electron chi connectivity index (χ4n) is 5.48. The van der Waals surface area contributed by atoms with Crippen LogP contribution in [0.4, 0.5) is 0 Å². The fraction of sp³-hybridized carbons (Fsp3) is 0.0256. The maximum absolute atomic E-state index is 5.05. The van der Waals surface area contributed by atoms with Gasteiger partial charge >= 0.3 is 0 Å². The summed E-state index contributed by atoms with van der Waals surface area (Å²) in [6.07, 6.45) is 0. The predicted octanol–water partition coefficient (Wildman–Crippen LogP) is 10.3. The van der Waals surface area contributed by atoms with Crippen LogP contribution in [-0.2, 0) is 0 Å². The molecule has 1 aromatic heterocycles. The number of benzene rings is 6. The SMILES string of the molecule is Cc1c(-c2ccc(-c3cc(-c4ccccc4)nc(-c4ccc(-c5ccccc5)cc4)n3)cc2)ccc2ccccc12. The van der Waals surface area contributed by atoms with Gasteiger partial charge in [0.25, 0.3) is 0 Å². The topological polar surface area (TPSA) is 25.8 Å². The van der Waals surface area contributed by atoms with Crippen molar-refractivity contribution < 1.29 is 0 Å². The van der Waals surface area contributed by atoms with E-state index in [9.17, 15) is 0 Å². The summed E-state index contributed by atoms with van der Waals surface area (Å²) in [7, 11) is 0. The van der Waals surface area contributed by atoms with E-state index in [0.717, 1.165) is 33.9 Å². The largest absolute Gasteiger partial charge is 0.228 e. The lowest BCUT2D eigenvalue weighted by molar-refractivity contribution is 1.18. The molecule has 7 aromatic rings. The molecule has 0 aliphatic heterocycles. The minimum Gasteiger partial charge on any atom is -0.228 e. The molecule has 41 heavy (non-hydrogen) atoms. The second-order valence-electron chi connectivity index (χ2n) is 10.3. The van der Waals surface area contributed by atoms with Crippen molar-refractivity contribution in [1.82, 2.24) is 9.97 Å². The molecule has 7 rings (SSSR count). The Bertz CT molecular complexity index is 1960. The predicted molar refractivity (Wildman–Crippen MR) is 171 cm³/mol. The minimum atomic E-state index is 0.718. The molecule has 0 radical (unpaired) electrons. The highest BCUT2D eigenvalue weighted by Crippen LogP contribution is 2.33. The Morgan fingerprint density at radius 2 is 0.878 bits per heavy atom. The van der Waals surface area contributed by atoms with Crippen molar-refractivity contribution in [2.75, 3.05) is 0 Å². The zero-order valence-corrected chi connectivity index (χ0v) is 22.8. The van der Waals surface area contributed by atoms with Crippen LogP contribution in [0.1, 0.15) is 5.56 Å². The van der Waals surface area contributed by atoms with E-state index in [0.29, 0.717) is 0 Å². The number of aryl methyl sites for hydroxylation is 1. The van der Waals surface area contributed by atoms with Crippen molar-refractivity contribution in [2.24, 2.45) is 0 Å². The number of fused-ring (bicyclic) bond motifs is 1. The van der Waals surface area contributed by atoms with E-state index in [1.807, 2.05) is 24.3 Å². The highest BCUT2D eigenvalue weighted by atomic mass is 14.9. The molecule has 0 aliphatic rings. The van der Waals surface area contributed by atoms with E-state index in [2.05, 4.69) is 134 Å². The van der Waals surface area contributed by atoms with Gasteiger partial charge in [0.2, 0.25) is 0 Å². The van der Waals surface area contributed by atoms with Gasteiger partial charge in [-0.15, -0.1) is 0 Å². The molecule has 194 valence electrons. The number of aromatic nitrogens is 2. The summed E-state index contributed by atoms with van der Waals surface area (Å²) in [5, 5.41) is 2.56. The number of nitrogens with zero attached hydrogens (tertiary/aromatic N) is 2. The lowest BCUT2D eigenvalue weighted by Crippen LogP contribution is -1.96. The average Bonchev–Trinajstić information content (AvgIpc) is 3.06. The molecule has 0 amide bonds. The van der Waals surface area contributed by atoms with Crippen LogP contribution >= 0.6 is 0 Å². The van der Waals surface area contributed by atoms with Crippen LogP contribution < -0.4 is 0 Å². The minimum absolute atomic E-state index is 0.718. The lowest BCUT2D eigenvalue weighted by Gasteiger charge is -2.12. The van der Waals surface area contributed by atoms with Gasteiger partial charge in [-0.3, -0.25) is 0 Å². The molecule has 0 saturated carbocycles. The van der Waals surface area contributed by atoms with E-state index in [1.165, 1.54) is 38.6 Å². The van der Waals surface area contributed by atoms with Crippen LogP contribution in [-0.4, -0.2) is 9.97 Å². The molecule has 2 heteroatoms. The van der Waals surface area contributed by atoms with Crippen molar-refractivity contribution >= 4 is 10.8 Å². The van der Waals surface area contributed by atoms with Gasteiger partial charge in [0.1, 0.15) is 0 Å². The molecule has 0 N–H and O–H groups in total. The van der Waals surface area contributed by atoms with Gasteiger partial charge in [-0.25, -0.2) is 9.97 Å². The standard InChI is InChI=1S/C39H28N2/c1-27-35-15-9-8-12-30(35)24-25-36(27)31-18-20-33(21-19-31)38-26-37(32-13-6-3-7-14-32)40-39(41-38)34-22-16-29(17-23-34)28-10-4-2-5-11-28/h2-26H,1H3. The summed E-state index contributed by atoms with van der Waals surface area (Å²) < 4.78 is 0. The highest BCUT2D eigenvalue weighted by molar-refractivity contribution is 5.91. The quantitative estimate of drug-likeness (QED) is 0.224. The fourth-order valence-corrected chi connectivity index (χ4v) is 5.48. The molecule has 6 aromatic carbocycles. The molecule has 0 spiro atoms. The summed E-state index contributed by atoms with van der Waals surface area (Å²) in [6.45, 7) is 2.21. The monoisotopic (exact) mass is 524 g/mol. The van der Waals surface area contributed by atoms with Crippen LogP contribution in [0.15, 0.2) is 152 Å². The second kappa shape index (κ2) is 10.7. The molecular formula is C39H28N2. The Morgan fingerprint density at radius 1 is 0.390 bits per heavy atom. The van der Waals surface area contributed by atoms with Crippen LogP contribution in [0.3, 0.4) is 0 Å². The third kappa shape index (κ3) is 4.92. The smallest absolute Gasteiger partial charge is 0.160 e. The first-order valence-electron chi connectivity index (χ1n) is 13.9. The molecule has 1 heterocycles. The van der Waals surface area contributed by atoms with Gasteiger partial charge in [-0.05, 0) is 51.6 Å². The number of hydrogen-bond acceptors (Lipinski definition) is 2. The zero-order chi connectivity index (χ0) is 27.6. The molecule has 0 unspecified atom stereocenters. The average molecular weight is 525 g/mol. The maximum atomic E-state index is 5.05. The van der Waals surface area contributed by atoms with E-state index >= 15 is 0 Å². The third-order valence-corrected chi connectivity index (χ3v) is 7.74. The first-order chi connectivity index (χ1) is 20.2. The summed E-state index contributed by atoms with van der Waals surface area (Å²) in [5.74, 6) is 0.718. The van der Waals surface area contributed by atoms with Crippen LogP contribution in [0.25, 0.3) is 66.9 Å². The number of hydrogen-bond donors (Lipinski definition) is 0. The van der Waals surface area contributed by atoms with E-state index in [1.54, 1.807) is 0 Å². The first-order valence-corrected chi connectivity index (χ1v) is 13.9. The van der Waals surface area contributed by atoms with E-state index in [4.69, 9.17) is 9.97 Å². The van der Waals surface area contributed by atoms with Gasteiger partial charge in [0, 0.05) is 16.7 Å². The molecule has 0 bridgehead atoms. The van der Waals surface area contributed by atoms with Gasteiger partial charge in [-0.1, -0.05) is 146 Å². The number of rotatable bonds is 5. The van der Waals surface area contributed by atoms with Crippen molar-refractivity contribution in [2.45, 2.75) is 6.92 Å². The highest BCUT2D eigenvalue weighted by Gasteiger charge is 2.12. The van der Waals surface area contributed by atoms with Gasteiger partial charge in [0.15, 0.2) is 5.82 Å². The Morgan fingerprint density at radius 3 is 1.56 bits per heavy atom. The summed E-state index contributed by atoms with van der Waals surface area (Å²) in [5.41, 5.74) is 11.1. The Kier molecular flexibility index (Phi) is 6.42. The Balaban J connectivity index is 1.28. The molecule has 0 aliphatic carbocycles. The van der Waals surface area contributed by atoms with Crippen molar-refractivity contribution in [3.8, 4) is 56.2 Å². The molecule has 0 fully saturated rings. The van der Waals surface area contributed by atoms with Gasteiger partial charge in [0.05, 0.1) is 11.4 Å². The Labute approximate surface area is 240 Å². The Hall–Kier alpha value is -5.34. The van der Waals surface area contributed by atoms with Gasteiger partial charge < -0.3 is 0 Å². The van der Waals surface area contributed by atoms with Crippen molar-refractivity contribution in [3.05, 3.63) is 157 Å². The van der Waals surface area contributed by atoms with Crippen LogP contribution in [0.2, 0.25) is 0 Å². The summed E-state index contributed by atoms with van der Waals surface area (Å²) in [6, 6.07) is 53.1. The molecule has 0 saturated heterocycles. The first kappa shape index (κ1) is 24.7. The third-order valence-electron chi connectivity index (χ3n) is 7.74. The molecule has 2 nitrogen and oxygen atoms in total. The molecular weight excluding hydrogens is 496 g/mol. The van der Waals surface area contributed by atoms with Crippen molar-refractivity contribution in [1.29, 1.82) is 0 Å². The zero-order valence-electron chi connectivity index (χ0n) is 22.8. The van der Waals surface area contributed by atoms with E-state index in [-0.39, 0.29) is 0 Å². The second-order valence-corrected chi connectivity index (χ2v) is 10.3.